The molecule has 0 saturated carbocycles. The Balaban J connectivity index is 1.95. The molecule has 0 radical (unpaired) electrons. The first kappa shape index (κ1) is 12.9. The number of carbonyl (C=O) groups is 1. The second-order valence-electron chi connectivity index (χ2n) is 3.93. The Labute approximate surface area is 110 Å². The molecule has 0 unspecified atom stereocenters. The average Bonchev–Trinajstić information content (AvgIpc) is 2.46. The summed E-state index contributed by atoms with van der Waals surface area (Å²) in [7, 11) is 1.62. The number of hydrogen-bond donors (Lipinski definition) is 2. The lowest BCUT2D eigenvalue weighted by Crippen LogP contribution is -2.03. The van der Waals surface area contributed by atoms with Crippen molar-refractivity contribution in [3.05, 3.63) is 53.9 Å². The molecule has 0 spiro atoms. The van der Waals surface area contributed by atoms with Crippen molar-refractivity contribution in [3.8, 4) is 5.75 Å². The SMILES string of the molecule is COc1ccc(NCc2ccc(C(=O)O)cn2)cc1. The number of aromatic nitrogens is 1. The zero-order chi connectivity index (χ0) is 13.7. The molecule has 0 aliphatic carbocycles. The van der Waals surface area contributed by atoms with Crippen molar-refractivity contribution in [3.63, 3.8) is 0 Å². The molecule has 2 N–H and O–H groups in total. The van der Waals surface area contributed by atoms with Crippen LogP contribution in [-0.2, 0) is 6.54 Å². The Morgan fingerprint density at radius 1 is 1.26 bits per heavy atom. The number of methoxy groups -OCH3 is 1. The van der Waals surface area contributed by atoms with Crippen molar-refractivity contribution in [2.24, 2.45) is 0 Å². The summed E-state index contributed by atoms with van der Waals surface area (Å²) in [5, 5.41) is 12.0. The van der Waals surface area contributed by atoms with Gasteiger partial charge in [-0.05, 0) is 36.4 Å². The molecule has 5 nitrogen and oxygen atoms in total. The number of ether oxygens (including phenoxy) is 1. The summed E-state index contributed by atoms with van der Waals surface area (Å²) in [6.45, 7) is 0.534. The van der Waals surface area contributed by atoms with Crippen LogP contribution < -0.4 is 10.1 Å². The second kappa shape index (κ2) is 5.86. The first-order chi connectivity index (χ1) is 9.19. The molecule has 0 atom stereocenters. The fourth-order valence-electron chi connectivity index (χ4n) is 1.56. The highest BCUT2D eigenvalue weighted by molar-refractivity contribution is 5.87. The van der Waals surface area contributed by atoms with E-state index < -0.39 is 5.97 Å². The zero-order valence-electron chi connectivity index (χ0n) is 10.5. The number of rotatable bonds is 5. The van der Waals surface area contributed by atoms with E-state index in [0.29, 0.717) is 6.54 Å². The maximum absolute atomic E-state index is 10.7. The topological polar surface area (TPSA) is 71.5 Å². The second-order valence-corrected chi connectivity index (χ2v) is 3.93. The molecule has 5 heteroatoms. The Bertz CT molecular complexity index is 550. The molecule has 19 heavy (non-hydrogen) atoms. The number of hydrogen-bond acceptors (Lipinski definition) is 4. The van der Waals surface area contributed by atoms with Crippen LogP contribution in [0.5, 0.6) is 5.75 Å². The lowest BCUT2D eigenvalue weighted by molar-refractivity contribution is 0.0696. The van der Waals surface area contributed by atoms with E-state index in [1.807, 2.05) is 24.3 Å². The van der Waals surface area contributed by atoms with E-state index in [0.717, 1.165) is 17.1 Å². The lowest BCUT2D eigenvalue weighted by atomic mass is 10.2. The van der Waals surface area contributed by atoms with Gasteiger partial charge in [-0.3, -0.25) is 4.98 Å². The fraction of sp³-hybridized carbons (Fsp3) is 0.143. The largest absolute Gasteiger partial charge is 0.497 e. The normalized spacial score (nSPS) is 9.95. The molecule has 2 aromatic rings. The third-order valence-electron chi connectivity index (χ3n) is 2.64. The number of pyridine rings is 1. The quantitative estimate of drug-likeness (QED) is 0.861. The number of carboxylic acid groups (broad SMARTS) is 1. The molecule has 0 aliphatic heterocycles. The van der Waals surface area contributed by atoms with Gasteiger partial charge < -0.3 is 15.2 Å². The van der Waals surface area contributed by atoms with Crippen LogP contribution in [0.1, 0.15) is 16.1 Å². The van der Waals surface area contributed by atoms with Gasteiger partial charge in [0.05, 0.1) is 24.9 Å². The molecule has 0 amide bonds. The van der Waals surface area contributed by atoms with Crippen LogP contribution in [0.4, 0.5) is 5.69 Å². The van der Waals surface area contributed by atoms with Gasteiger partial charge in [0.2, 0.25) is 0 Å². The summed E-state index contributed by atoms with van der Waals surface area (Å²) in [5.74, 6) is -0.170. The van der Waals surface area contributed by atoms with Gasteiger partial charge in [-0.2, -0.15) is 0 Å². The number of carboxylic acids is 1. The predicted molar refractivity (Wildman–Crippen MR) is 71.5 cm³/mol. The van der Waals surface area contributed by atoms with Crippen molar-refractivity contribution in [2.45, 2.75) is 6.54 Å². The van der Waals surface area contributed by atoms with Crippen molar-refractivity contribution < 1.29 is 14.6 Å². The Kier molecular flexibility index (Phi) is 3.97. The van der Waals surface area contributed by atoms with Crippen LogP contribution >= 0.6 is 0 Å². The molecule has 0 saturated heterocycles. The molecule has 2 rings (SSSR count). The van der Waals surface area contributed by atoms with Gasteiger partial charge in [-0.1, -0.05) is 0 Å². The van der Waals surface area contributed by atoms with E-state index in [9.17, 15) is 4.79 Å². The van der Waals surface area contributed by atoms with E-state index in [4.69, 9.17) is 9.84 Å². The summed E-state index contributed by atoms with van der Waals surface area (Å²) in [6, 6.07) is 10.8. The summed E-state index contributed by atoms with van der Waals surface area (Å²) >= 11 is 0. The van der Waals surface area contributed by atoms with Crippen molar-refractivity contribution >= 4 is 11.7 Å². The Morgan fingerprint density at radius 3 is 2.53 bits per heavy atom. The standard InChI is InChI=1S/C14H14N2O3/c1-19-13-6-4-11(5-7-13)16-9-12-3-2-10(8-15-12)14(17)18/h2-8,16H,9H2,1H3,(H,17,18). The summed E-state index contributed by atoms with van der Waals surface area (Å²) in [5.41, 5.74) is 1.92. The summed E-state index contributed by atoms with van der Waals surface area (Å²) < 4.78 is 5.07. The van der Waals surface area contributed by atoms with Crippen LogP contribution in [0, 0.1) is 0 Å². The fourth-order valence-corrected chi connectivity index (χ4v) is 1.56. The first-order valence-electron chi connectivity index (χ1n) is 5.75. The van der Waals surface area contributed by atoms with Crippen LogP contribution in [0.25, 0.3) is 0 Å². The van der Waals surface area contributed by atoms with Gasteiger partial charge >= 0.3 is 5.97 Å². The molecule has 98 valence electrons. The van der Waals surface area contributed by atoms with E-state index in [1.54, 1.807) is 19.2 Å². The van der Waals surface area contributed by atoms with Gasteiger partial charge in [0.25, 0.3) is 0 Å². The maximum Gasteiger partial charge on any atom is 0.337 e. The highest BCUT2D eigenvalue weighted by Gasteiger charge is 2.02. The van der Waals surface area contributed by atoms with Crippen molar-refractivity contribution in [2.75, 3.05) is 12.4 Å². The van der Waals surface area contributed by atoms with Crippen molar-refractivity contribution in [1.82, 2.24) is 4.98 Å². The molecule has 0 fully saturated rings. The number of nitrogens with zero attached hydrogens (tertiary/aromatic N) is 1. The molecule has 1 aromatic heterocycles. The minimum atomic E-state index is -0.970. The van der Waals surface area contributed by atoms with E-state index in [1.165, 1.54) is 6.20 Å². The molecular weight excluding hydrogens is 244 g/mol. The van der Waals surface area contributed by atoms with Gasteiger partial charge in [0, 0.05) is 11.9 Å². The lowest BCUT2D eigenvalue weighted by Gasteiger charge is -2.07. The van der Waals surface area contributed by atoms with E-state index in [2.05, 4.69) is 10.3 Å². The smallest absolute Gasteiger partial charge is 0.337 e. The third-order valence-corrected chi connectivity index (χ3v) is 2.64. The number of benzene rings is 1. The number of aromatic carboxylic acids is 1. The molecular formula is C14H14N2O3. The van der Waals surface area contributed by atoms with Gasteiger partial charge in [-0.25, -0.2) is 4.79 Å². The average molecular weight is 258 g/mol. The monoisotopic (exact) mass is 258 g/mol. The summed E-state index contributed by atoms with van der Waals surface area (Å²) in [4.78, 5) is 14.8. The van der Waals surface area contributed by atoms with Gasteiger partial charge in [0.1, 0.15) is 5.75 Å². The van der Waals surface area contributed by atoms with Gasteiger partial charge in [0.15, 0.2) is 0 Å². The summed E-state index contributed by atoms with van der Waals surface area (Å²) in [6.07, 6.45) is 1.35. The number of nitrogens with one attached hydrogen (secondary N) is 1. The number of anilines is 1. The highest BCUT2D eigenvalue weighted by Crippen LogP contribution is 2.15. The first-order valence-corrected chi connectivity index (χ1v) is 5.75. The predicted octanol–water partition coefficient (Wildman–Crippen LogP) is 2.40. The minimum absolute atomic E-state index is 0.188. The van der Waals surface area contributed by atoms with Gasteiger partial charge in [-0.15, -0.1) is 0 Å². The maximum atomic E-state index is 10.7. The van der Waals surface area contributed by atoms with E-state index in [-0.39, 0.29) is 5.56 Å². The van der Waals surface area contributed by atoms with Crippen LogP contribution in [0.2, 0.25) is 0 Å². The Hall–Kier alpha value is -2.56. The van der Waals surface area contributed by atoms with E-state index >= 15 is 0 Å². The van der Waals surface area contributed by atoms with Crippen molar-refractivity contribution in [1.29, 1.82) is 0 Å². The van der Waals surface area contributed by atoms with Crippen LogP contribution in [-0.4, -0.2) is 23.2 Å². The third kappa shape index (κ3) is 3.45. The molecule has 1 aromatic carbocycles. The minimum Gasteiger partial charge on any atom is -0.497 e. The van der Waals surface area contributed by atoms with Crippen LogP contribution in [0.3, 0.4) is 0 Å². The highest BCUT2D eigenvalue weighted by atomic mass is 16.5. The van der Waals surface area contributed by atoms with Crippen LogP contribution in [0.15, 0.2) is 42.6 Å². The molecule has 0 aliphatic rings. The Morgan fingerprint density at radius 2 is 2.00 bits per heavy atom. The molecule has 0 bridgehead atoms. The zero-order valence-corrected chi connectivity index (χ0v) is 10.5. The molecule has 1 heterocycles.